The summed E-state index contributed by atoms with van der Waals surface area (Å²) in [5, 5.41) is 0. The number of carbonyl (C=O) groups excluding carboxylic acids is 1. The lowest BCUT2D eigenvalue weighted by Crippen LogP contribution is -2.42. The van der Waals surface area contributed by atoms with E-state index in [-0.39, 0.29) is 23.8 Å². The van der Waals surface area contributed by atoms with Gasteiger partial charge in [0.05, 0.1) is 6.54 Å². The lowest BCUT2D eigenvalue weighted by Gasteiger charge is -2.34. The van der Waals surface area contributed by atoms with Gasteiger partial charge in [0.2, 0.25) is 5.91 Å². The second kappa shape index (κ2) is 3.72. The molecule has 0 spiro atoms. The highest BCUT2D eigenvalue weighted by molar-refractivity contribution is 5.76. The van der Waals surface area contributed by atoms with Crippen LogP contribution in [-0.2, 0) is 4.79 Å². The van der Waals surface area contributed by atoms with Crippen molar-refractivity contribution >= 4 is 5.91 Å². The van der Waals surface area contributed by atoms with Crippen LogP contribution >= 0.6 is 0 Å². The molecule has 0 saturated carbocycles. The summed E-state index contributed by atoms with van der Waals surface area (Å²) >= 11 is 0. The Morgan fingerprint density at radius 2 is 2.00 bits per heavy atom. The maximum absolute atomic E-state index is 13.3. The molecule has 0 aliphatic carbocycles. The lowest BCUT2D eigenvalue weighted by atomic mass is 9.84. The molecule has 0 aromatic heterocycles. The molecule has 2 nitrogen and oxygen atoms in total. The average Bonchev–Trinajstić information content (AvgIpc) is 2.39. The first kappa shape index (κ1) is 12.4. The Labute approximate surface area is 89.6 Å². The topological polar surface area (TPSA) is 20.3 Å². The molecule has 0 radical (unpaired) electrons. The smallest absolute Gasteiger partial charge is 0.267 e. The molecule has 15 heavy (non-hydrogen) atoms. The molecule has 1 heterocycles. The van der Waals surface area contributed by atoms with Crippen molar-refractivity contribution in [3.63, 3.8) is 0 Å². The summed E-state index contributed by atoms with van der Waals surface area (Å²) in [7, 11) is 0. The standard InChI is InChI=1S/C11H19F2NO/c1-5-9(15)14-7-11(12,13)6-8(14)10(2,3)4/h8H,5-7H2,1-4H3. The van der Waals surface area contributed by atoms with E-state index in [1.807, 2.05) is 20.8 Å². The van der Waals surface area contributed by atoms with Crippen molar-refractivity contribution in [2.24, 2.45) is 5.41 Å². The van der Waals surface area contributed by atoms with E-state index in [2.05, 4.69) is 0 Å². The van der Waals surface area contributed by atoms with Crippen LogP contribution in [0.5, 0.6) is 0 Å². The summed E-state index contributed by atoms with van der Waals surface area (Å²) in [6.45, 7) is 6.99. The van der Waals surface area contributed by atoms with Crippen LogP contribution in [0.4, 0.5) is 8.78 Å². The molecule has 1 aliphatic rings. The molecule has 1 atom stereocenters. The average molecular weight is 219 g/mol. The number of carbonyl (C=O) groups is 1. The summed E-state index contributed by atoms with van der Waals surface area (Å²) in [6, 6.07) is -0.347. The summed E-state index contributed by atoms with van der Waals surface area (Å²) < 4.78 is 26.6. The highest BCUT2D eigenvalue weighted by Gasteiger charge is 2.50. The molecule has 1 unspecified atom stereocenters. The molecule has 1 fully saturated rings. The minimum absolute atomic E-state index is 0.174. The zero-order valence-corrected chi connectivity index (χ0v) is 9.81. The molecule has 1 aliphatic heterocycles. The van der Waals surface area contributed by atoms with Gasteiger partial charge in [-0.2, -0.15) is 0 Å². The Morgan fingerprint density at radius 3 is 2.40 bits per heavy atom. The van der Waals surface area contributed by atoms with E-state index in [0.29, 0.717) is 6.42 Å². The summed E-state index contributed by atoms with van der Waals surface area (Å²) in [5.74, 6) is -2.89. The van der Waals surface area contributed by atoms with Crippen LogP contribution in [0, 0.1) is 5.41 Å². The fourth-order valence-corrected chi connectivity index (χ4v) is 2.06. The van der Waals surface area contributed by atoms with Crippen molar-refractivity contribution in [2.75, 3.05) is 6.54 Å². The molecule has 0 bridgehead atoms. The van der Waals surface area contributed by atoms with Crippen molar-refractivity contribution in [1.29, 1.82) is 0 Å². The fraction of sp³-hybridized carbons (Fsp3) is 0.909. The summed E-state index contributed by atoms with van der Waals surface area (Å²) in [6.07, 6.45) is 0.0882. The van der Waals surface area contributed by atoms with Gasteiger partial charge in [-0.15, -0.1) is 0 Å². The number of hydrogen-bond acceptors (Lipinski definition) is 1. The van der Waals surface area contributed by atoms with Gasteiger partial charge in [-0.3, -0.25) is 4.79 Å². The van der Waals surface area contributed by atoms with Crippen molar-refractivity contribution in [1.82, 2.24) is 4.90 Å². The Morgan fingerprint density at radius 1 is 1.47 bits per heavy atom. The zero-order valence-electron chi connectivity index (χ0n) is 9.81. The zero-order chi connectivity index (χ0) is 11.9. The van der Waals surface area contributed by atoms with Crippen LogP contribution in [0.15, 0.2) is 0 Å². The number of likely N-dealkylation sites (tertiary alicyclic amines) is 1. The van der Waals surface area contributed by atoms with Gasteiger partial charge in [0.15, 0.2) is 0 Å². The van der Waals surface area contributed by atoms with E-state index < -0.39 is 12.5 Å². The van der Waals surface area contributed by atoms with Crippen LogP contribution in [0.2, 0.25) is 0 Å². The minimum atomic E-state index is -2.72. The first-order valence-corrected chi connectivity index (χ1v) is 5.34. The molecule has 0 aromatic rings. The Kier molecular flexibility index (Phi) is 3.08. The van der Waals surface area contributed by atoms with Gasteiger partial charge in [0, 0.05) is 18.9 Å². The molecule has 1 rings (SSSR count). The molecule has 1 amide bonds. The van der Waals surface area contributed by atoms with Gasteiger partial charge in [-0.25, -0.2) is 8.78 Å². The number of alkyl halides is 2. The molecular formula is C11H19F2NO. The maximum Gasteiger partial charge on any atom is 0.267 e. The number of amides is 1. The fourth-order valence-electron chi connectivity index (χ4n) is 2.06. The normalized spacial score (nSPS) is 25.7. The van der Waals surface area contributed by atoms with Crippen LogP contribution in [0.1, 0.15) is 40.5 Å². The van der Waals surface area contributed by atoms with Crippen molar-refractivity contribution in [3.8, 4) is 0 Å². The number of nitrogens with zero attached hydrogens (tertiary/aromatic N) is 1. The lowest BCUT2D eigenvalue weighted by molar-refractivity contribution is -0.134. The van der Waals surface area contributed by atoms with Crippen LogP contribution in [0.25, 0.3) is 0 Å². The highest BCUT2D eigenvalue weighted by atomic mass is 19.3. The Bertz CT molecular complexity index is 258. The van der Waals surface area contributed by atoms with Gasteiger partial charge < -0.3 is 4.90 Å². The maximum atomic E-state index is 13.3. The van der Waals surface area contributed by atoms with E-state index in [0.717, 1.165) is 0 Å². The van der Waals surface area contributed by atoms with Crippen molar-refractivity contribution in [2.45, 2.75) is 52.5 Å². The predicted molar refractivity (Wildman–Crippen MR) is 54.8 cm³/mol. The van der Waals surface area contributed by atoms with Crippen molar-refractivity contribution < 1.29 is 13.6 Å². The van der Waals surface area contributed by atoms with Crippen LogP contribution in [0.3, 0.4) is 0 Å². The van der Waals surface area contributed by atoms with Gasteiger partial charge in [-0.05, 0) is 5.41 Å². The van der Waals surface area contributed by atoms with Crippen LogP contribution < -0.4 is 0 Å². The molecule has 0 aromatic carbocycles. The van der Waals surface area contributed by atoms with E-state index in [4.69, 9.17) is 0 Å². The first-order chi connectivity index (χ1) is 6.67. The third kappa shape index (κ3) is 2.67. The second-order valence-electron chi connectivity index (χ2n) is 5.32. The van der Waals surface area contributed by atoms with E-state index in [1.54, 1.807) is 6.92 Å². The van der Waals surface area contributed by atoms with Crippen LogP contribution in [-0.4, -0.2) is 29.3 Å². The largest absolute Gasteiger partial charge is 0.333 e. The molecule has 1 saturated heterocycles. The SMILES string of the molecule is CCC(=O)N1CC(F)(F)CC1C(C)(C)C. The highest BCUT2D eigenvalue weighted by Crippen LogP contribution is 2.40. The molecule has 0 N–H and O–H groups in total. The van der Waals surface area contributed by atoms with Gasteiger partial charge in [0.1, 0.15) is 0 Å². The van der Waals surface area contributed by atoms with E-state index in [9.17, 15) is 13.6 Å². The Balaban J connectivity index is 2.89. The van der Waals surface area contributed by atoms with Gasteiger partial charge >= 0.3 is 0 Å². The third-order valence-corrected chi connectivity index (χ3v) is 2.89. The van der Waals surface area contributed by atoms with Gasteiger partial charge in [-0.1, -0.05) is 27.7 Å². The Hall–Kier alpha value is -0.670. The van der Waals surface area contributed by atoms with Crippen molar-refractivity contribution in [3.05, 3.63) is 0 Å². The van der Waals surface area contributed by atoms with E-state index in [1.165, 1.54) is 4.90 Å². The second-order valence-corrected chi connectivity index (χ2v) is 5.32. The number of rotatable bonds is 1. The monoisotopic (exact) mass is 219 g/mol. The third-order valence-electron chi connectivity index (χ3n) is 2.89. The minimum Gasteiger partial charge on any atom is -0.333 e. The first-order valence-electron chi connectivity index (χ1n) is 5.34. The predicted octanol–water partition coefficient (Wildman–Crippen LogP) is 2.68. The molecule has 88 valence electrons. The van der Waals surface area contributed by atoms with E-state index >= 15 is 0 Å². The quantitative estimate of drug-likeness (QED) is 0.664. The molecular weight excluding hydrogens is 200 g/mol. The summed E-state index contributed by atoms with van der Waals surface area (Å²) in [4.78, 5) is 12.9. The number of halogens is 2. The summed E-state index contributed by atoms with van der Waals surface area (Å²) in [5.41, 5.74) is -0.287. The number of hydrogen-bond donors (Lipinski definition) is 0. The van der Waals surface area contributed by atoms with Gasteiger partial charge in [0.25, 0.3) is 5.92 Å². The molecule has 4 heteroatoms.